The van der Waals surface area contributed by atoms with Crippen LogP contribution in [0.2, 0.25) is 0 Å². The molecule has 5 aromatic rings. The second-order valence-corrected chi connectivity index (χ2v) is 21.9. The number of nitrogens with two attached hydrogens (primary N) is 2. The zero-order valence-electron chi connectivity index (χ0n) is 44.3. The van der Waals surface area contributed by atoms with E-state index in [1.165, 1.54) is 23.1 Å². The van der Waals surface area contributed by atoms with Crippen molar-refractivity contribution in [3.63, 3.8) is 0 Å². The zero-order chi connectivity index (χ0) is 54.5. The van der Waals surface area contributed by atoms with Gasteiger partial charge in [-0.1, -0.05) is 72.6 Å². The van der Waals surface area contributed by atoms with E-state index in [1.807, 2.05) is 90.1 Å². The highest BCUT2D eigenvalue weighted by Gasteiger charge is 2.29. The number of benzene rings is 4. The fourth-order valence-electron chi connectivity index (χ4n) is 7.80. The van der Waals surface area contributed by atoms with Crippen molar-refractivity contribution in [3.05, 3.63) is 112 Å². The number of alkyl halides is 1. The maximum atomic E-state index is 13.0. The second-order valence-electron chi connectivity index (χ2n) is 18.7. The summed E-state index contributed by atoms with van der Waals surface area (Å²) in [5, 5.41) is 30.7. The van der Waals surface area contributed by atoms with Gasteiger partial charge in [0, 0.05) is 35.6 Å². The van der Waals surface area contributed by atoms with Crippen LogP contribution in [0.15, 0.2) is 89.9 Å². The number of nitrogens with one attached hydrogen (secondary N) is 3. The van der Waals surface area contributed by atoms with Crippen LogP contribution >= 0.6 is 61.1 Å². The van der Waals surface area contributed by atoms with Crippen molar-refractivity contribution in [2.24, 2.45) is 10.7 Å². The van der Waals surface area contributed by atoms with Crippen LogP contribution in [0.25, 0.3) is 0 Å². The van der Waals surface area contributed by atoms with Crippen LogP contribution in [0.5, 0.6) is 23.0 Å². The first kappa shape index (κ1) is 63.0. The average Bonchev–Trinajstić information content (AvgIpc) is 3.75. The molecular weight excluding hydrogens is 1110 g/mol. The highest BCUT2D eigenvalue weighted by molar-refractivity contribution is 9.09. The summed E-state index contributed by atoms with van der Waals surface area (Å²) in [5.41, 5.74) is 15.7. The summed E-state index contributed by atoms with van der Waals surface area (Å²) in [5.74, 6) is 2.93. The molecule has 7 rings (SSSR count). The summed E-state index contributed by atoms with van der Waals surface area (Å²) in [7, 11) is 0. The van der Waals surface area contributed by atoms with Crippen LogP contribution < -0.4 is 36.9 Å². The Kier molecular flexibility index (Phi) is 26.3. The number of hydrogen-bond acceptors (Lipinski definition) is 15. The van der Waals surface area contributed by atoms with Crippen molar-refractivity contribution >= 4 is 111 Å². The van der Waals surface area contributed by atoms with Gasteiger partial charge < -0.3 is 56.7 Å². The molecule has 16 nitrogen and oxygen atoms in total. The van der Waals surface area contributed by atoms with Gasteiger partial charge in [0.2, 0.25) is 5.78 Å². The van der Waals surface area contributed by atoms with E-state index in [9.17, 15) is 24.6 Å². The third kappa shape index (κ3) is 20.8. The quantitative estimate of drug-likeness (QED) is 0.0121. The molecule has 3 unspecified atom stereocenters. The standard InChI is InChI=1S/C24H28N4O3S.C20H30N4O3S2.C11H13BrO2.H3P/c1-2-4-15-13-16(6-11-20(15)29)21(30)22-23(25)28-24(32-22)27-17-7-9-18(10-8-17)31-19-5-3-12-26-14-19;1-5-29-17(21)23-18(28)22-14-8-10-15(11-9-14)26-16-7-6-12-24(13-16)19(25)27-20(2,3)4;1-2-3-8-6-9(11(14)7-12)4-5-10(8)13;/h6-11,13,19,26,29H,2-5,12,14,25H2,1H3,(H,27,28);8-11,16H,5-7,12-13H2,1-4H3,(H3,21,22,23,28);4-6,13H,2-3,7H2,1H3;1H3. The lowest BCUT2D eigenvalue weighted by atomic mass is 10.0. The van der Waals surface area contributed by atoms with Gasteiger partial charge in [-0.05, 0) is 180 Å². The monoisotopic (exact) mass is 1180 g/mol. The normalized spacial score (nSPS) is 15.3. The number of ether oxygens (including phenoxy) is 3. The minimum Gasteiger partial charge on any atom is -0.508 e. The molecule has 0 radical (unpaired) electrons. The van der Waals surface area contributed by atoms with Gasteiger partial charge in [0.25, 0.3) is 0 Å². The topological polar surface area (TPSA) is 236 Å². The molecule has 76 heavy (non-hydrogen) atoms. The molecule has 1 amide bonds. The van der Waals surface area contributed by atoms with E-state index in [0.29, 0.717) is 56.3 Å². The van der Waals surface area contributed by atoms with E-state index in [4.69, 9.17) is 37.9 Å². The van der Waals surface area contributed by atoms with Crippen molar-refractivity contribution in [2.75, 3.05) is 53.6 Å². The Morgan fingerprint density at radius 2 is 1.46 bits per heavy atom. The number of amidine groups is 1. The number of halogens is 1. The van der Waals surface area contributed by atoms with E-state index in [-0.39, 0.29) is 57.1 Å². The summed E-state index contributed by atoms with van der Waals surface area (Å²) in [4.78, 5) is 47.2. The molecule has 9 N–H and O–H groups in total. The Morgan fingerprint density at radius 3 is 2.03 bits per heavy atom. The number of piperidine rings is 2. The van der Waals surface area contributed by atoms with Crippen molar-refractivity contribution in [2.45, 2.75) is 111 Å². The fourth-order valence-corrected chi connectivity index (χ4v) is 9.72. The van der Waals surface area contributed by atoms with E-state index >= 15 is 0 Å². The van der Waals surface area contributed by atoms with Gasteiger partial charge in [-0.2, -0.15) is 14.9 Å². The maximum Gasteiger partial charge on any atom is 0.410 e. The first-order valence-corrected chi connectivity index (χ1v) is 28.5. The SMILES string of the molecule is CCCc1cc(C(=O)CBr)ccc1O.CCCc1cc(C(=O)c2sc(Nc3ccc(OC4CCCNC4)cc3)nc2N)ccc1O.CCSC(N)=NC(=S)Nc1ccc(OC2CCCN(C(=O)OC(C)(C)C)C2)cc1.P. The van der Waals surface area contributed by atoms with Gasteiger partial charge in [0.15, 0.2) is 21.2 Å². The molecule has 2 fully saturated rings. The summed E-state index contributed by atoms with van der Waals surface area (Å²) in [6, 6.07) is 25.1. The number of carbonyl (C=O) groups is 3. The second kappa shape index (κ2) is 31.7. The molecule has 0 spiro atoms. The smallest absolute Gasteiger partial charge is 0.410 e. The number of thiocarbonyl (C=S) groups is 1. The first-order valence-electron chi connectivity index (χ1n) is 25.2. The number of Topliss-reactive ketones (excluding diaryl/α,β-unsaturated/α-hetero) is 1. The van der Waals surface area contributed by atoms with Crippen LogP contribution in [0.1, 0.15) is 117 Å². The highest BCUT2D eigenvalue weighted by Crippen LogP contribution is 2.32. The van der Waals surface area contributed by atoms with Crippen LogP contribution in [0, 0.1) is 0 Å². The number of anilines is 4. The van der Waals surface area contributed by atoms with Crippen LogP contribution in [0.3, 0.4) is 0 Å². The number of thiazole rings is 1. The number of aromatic hydroxyl groups is 2. The molecule has 2 saturated heterocycles. The first-order chi connectivity index (χ1) is 35.9. The minimum absolute atomic E-state index is 0. The third-order valence-corrected chi connectivity index (χ3v) is 13.7. The van der Waals surface area contributed by atoms with E-state index < -0.39 is 5.60 Å². The predicted octanol–water partition coefficient (Wildman–Crippen LogP) is 11.7. The van der Waals surface area contributed by atoms with Crippen LogP contribution in [-0.4, -0.2) is 103 Å². The van der Waals surface area contributed by atoms with Crippen LogP contribution in [0.4, 0.5) is 27.1 Å². The average molecular weight is 1180 g/mol. The molecular formula is C55H74BrN8O8PS3. The van der Waals surface area contributed by atoms with Gasteiger partial charge in [0.05, 0.1) is 11.9 Å². The Bertz CT molecular complexity index is 2700. The maximum absolute atomic E-state index is 13.0. The van der Waals surface area contributed by atoms with Crippen molar-refractivity contribution in [3.8, 4) is 23.0 Å². The van der Waals surface area contributed by atoms with E-state index in [0.717, 1.165) is 97.8 Å². The lowest BCUT2D eigenvalue weighted by Crippen LogP contribution is -2.46. The Morgan fingerprint density at radius 1 is 0.882 bits per heavy atom. The number of hydrogen-bond donors (Lipinski definition) is 7. The van der Waals surface area contributed by atoms with Crippen molar-refractivity contribution in [1.82, 2.24) is 15.2 Å². The zero-order valence-corrected chi connectivity index (χ0v) is 49.7. The molecule has 0 aliphatic carbocycles. The van der Waals surface area contributed by atoms with Gasteiger partial charge in [0.1, 0.15) is 51.5 Å². The largest absolute Gasteiger partial charge is 0.508 e. The lowest BCUT2D eigenvalue weighted by molar-refractivity contribution is 0.00774. The molecule has 3 heterocycles. The van der Waals surface area contributed by atoms with Gasteiger partial charge in [-0.25, -0.2) is 9.78 Å². The fraction of sp³-hybridized carbons (Fsp3) is 0.418. The number of aromatic nitrogens is 1. The summed E-state index contributed by atoms with van der Waals surface area (Å²) in [6.07, 6.45) is 7.15. The number of nitrogen functional groups attached to an aromatic ring is 1. The van der Waals surface area contributed by atoms with E-state index in [1.54, 1.807) is 41.3 Å². The number of rotatable bonds is 16. The summed E-state index contributed by atoms with van der Waals surface area (Å²) < 4.78 is 17.5. The molecule has 2 aliphatic rings. The van der Waals surface area contributed by atoms with Gasteiger partial charge in [-0.3, -0.25) is 9.59 Å². The van der Waals surface area contributed by atoms with Crippen molar-refractivity contribution < 1.29 is 38.8 Å². The highest BCUT2D eigenvalue weighted by atomic mass is 79.9. The number of amides is 1. The number of phenolic OH excluding ortho intramolecular Hbond substituents is 2. The molecule has 412 valence electrons. The number of likely N-dealkylation sites (tertiary alicyclic amines) is 1. The lowest BCUT2D eigenvalue weighted by Gasteiger charge is -2.34. The Balaban J connectivity index is 0.000000262. The van der Waals surface area contributed by atoms with Crippen LogP contribution in [-0.2, 0) is 17.6 Å². The molecule has 4 aromatic carbocycles. The molecule has 2 aliphatic heterocycles. The number of aryl methyl sites for hydroxylation is 2. The number of nitrogens with zero attached hydrogens (tertiary/aromatic N) is 3. The van der Waals surface area contributed by atoms with E-state index in [2.05, 4.69) is 41.9 Å². The predicted molar refractivity (Wildman–Crippen MR) is 324 cm³/mol. The number of carbonyl (C=O) groups excluding carboxylic acids is 3. The number of thioether (sulfide) groups is 1. The number of phenols is 2. The molecule has 0 bridgehead atoms. The Hall–Kier alpha value is -5.50. The molecule has 0 saturated carbocycles. The van der Waals surface area contributed by atoms with Crippen molar-refractivity contribution in [1.29, 1.82) is 0 Å². The minimum atomic E-state index is -0.502. The number of ketones is 2. The number of aliphatic imine (C=N–C) groups is 1. The summed E-state index contributed by atoms with van der Waals surface area (Å²) in [6.45, 7) is 14.8. The Labute approximate surface area is 472 Å². The molecule has 21 heteroatoms. The van der Waals surface area contributed by atoms with Gasteiger partial charge in [-0.15, -0.1) is 0 Å². The molecule has 3 atom stereocenters. The molecule has 1 aromatic heterocycles. The van der Waals surface area contributed by atoms with Gasteiger partial charge >= 0.3 is 6.09 Å². The third-order valence-electron chi connectivity index (χ3n) is 11.4. The summed E-state index contributed by atoms with van der Waals surface area (Å²) >= 11 is 11.0.